The lowest BCUT2D eigenvalue weighted by atomic mass is 10.1. The van der Waals surface area contributed by atoms with Gasteiger partial charge in [-0.2, -0.15) is 0 Å². The highest BCUT2D eigenvalue weighted by atomic mass is 35.5. The third-order valence-corrected chi connectivity index (χ3v) is 2.37. The molecule has 3 nitrogen and oxygen atoms in total. The second kappa shape index (κ2) is 5.92. The van der Waals surface area contributed by atoms with Gasteiger partial charge in [-0.15, -0.1) is 0 Å². The molecule has 0 atom stereocenters. The Labute approximate surface area is 107 Å². The molecule has 0 radical (unpaired) electrons. The Bertz CT molecular complexity index is 371. The van der Waals surface area contributed by atoms with E-state index in [0.717, 1.165) is 6.42 Å². The highest BCUT2D eigenvalue weighted by Gasteiger charge is 2.31. The van der Waals surface area contributed by atoms with E-state index in [1.165, 1.54) is 0 Å². The number of benzene rings is 1. The van der Waals surface area contributed by atoms with Gasteiger partial charge >= 0.3 is 5.97 Å². The van der Waals surface area contributed by atoms with Crippen LogP contribution in [0.4, 0.5) is 0 Å². The topological polar surface area (TPSA) is 35.5 Å². The fraction of sp³-hybridized carbons (Fsp3) is 0.462. The van der Waals surface area contributed by atoms with Crippen molar-refractivity contribution in [2.24, 2.45) is 0 Å². The van der Waals surface area contributed by atoms with Crippen molar-refractivity contribution in [3.8, 4) is 5.75 Å². The standard InChI is InChI=1S/C13H17ClO3/c1-4-9-16-12(15)13(2,3)17-11-7-5-10(14)6-8-11/h5-8H,4,9H2,1-3H3. The first-order valence-electron chi connectivity index (χ1n) is 5.57. The number of hydrogen-bond acceptors (Lipinski definition) is 3. The highest BCUT2D eigenvalue weighted by Crippen LogP contribution is 2.21. The molecule has 94 valence electrons. The third-order valence-electron chi connectivity index (χ3n) is 2.12. The van der Waals surface area contributed by atoms with Crippen LogP contribution in [0.15, 0.2) is 24.3 Å². The zero-order valence-electron chi connectivity index (χ0n) is 10.3. The summed E-state index contributed by atoms with van der Waals surface area (Å²) in [5.41, 5.74) is -0.997. The van der Waals surface area contributed by atoms with Crippen LogP contribution in [0.2, 0.25) is 5.02 Å². The molecule has 0 saturated carbocycles. The minimum Gasteiger partial charge on any atom is -0.476 e. The van der Waals surface area contributed by atoms with E-state index < -0.39 is 5.60 Å². The first-order chi connectivity index (χ1) is 7.95. The van der Waals surface area contributed by atoms with Gasteiger partial charge in [-0.25, -0.2) is 4.79 Å². The van der Waals surface area contributed by atoms with Crippen LogP contribution < -0.4 is 4.74 Å². The molecule has 0 spiro atoms. The summed E-state index contributed by atoms with van der Waals surface area (Å²) in [6, 6.07) is 6.86. The molecule has 0 aliphatic carbocycles. The molecule has 0 heterocycles. The largest absolute Gasteiger partial charge is 0.476 e. The summed E-state index contributed by atoms with van der Waals surface area (Å²) in [6.07, 6.45) is 0.794. The van der Waals surface area contributed by atoms with Crippen LogP contribution >= 0.6 is 11.6 Å². The molecule has 0 bridgehead atoms. The number of esters is 1. The second-order valence-electron chi connectivity index (χ2n) is 4.20. The minimum absolute atomic E-state index is 0.366. The molecule has 0 aromatic heterocycles. The van der Waals surface area contributed by atoms with Crippen molar-refractivity contribution in [3.63, 3.8) is 0 Å². The number of hydrogen-bond donors (Lipinski definition) is 0. The fourth-order valence-corrected chi connectivity index (χ4v) is 1.33. The van der Waals surface area contributed by atoms with Crippen LogP contribution in [0.25, 0.3) is 0 Å². The normalized spacial score (nSPS) is 11.1. The van der Waals surface area contributed by atoms with E-state index in [1.54, 1.807) is 38.1 Å². The van der Waals surface area contributed by atoms with Crippen LogP contribution in [0, 0.1) is 0 Å². The summed E-state index contributed by atoms with van der Waals surface area (Å²) >= 11 is 5.77. The van der Waals surface area contributed by atoms with Crippen molar-refractivity contribution in [2.75, 3.05) is 6.61 Å². The molecule has 0 saturated heterocycles. The number of carbonyl (C=O) groups is 1. The van der Waals surface area contributed by atoms with Gasteiger partial charge in [0.25, 0.3) is 0 Å². The second-order valence-corrected chi connectivity index (χ2v) is 4.64. The molecule has 17 heavy (non-hydrogen) atoms. The van der Waals surface area contributed by atoms with Gasteiger partial charge < -0.3 is 9.47 Å². The summed E-state index contributed by atoms with van der Waals surface area (Å²) in [6.45, 7) is 5.71. The van der Waals surface area contributed by atoms with Crippen LogP contribution in [-0.4, -0.2) is 18.2 Å². The Kier molecular flexibility index (Phi) is 4.82. The van der Waals surface area contributed by atoms with Gasteiger partial charge in [-0.1, -0.05) is 18.5 Å². The van der Waals surface area contributed by atoms with E-state index in [9.17, 15) is 4.79 Å². The zero-order valence-corrected chi connectivity index (χ0v) is 11.1. The minimum atomic E-state index is -0.997. The number of ether oxygens (including phenoxy) is 2. The predicted octanol–water partition coefficient (Wildman–Crippen LogP) is 3.45. The maximum absolute atomic E-state index is 11.7. The molecular formula is C13H17ClO3. The monoisotopic (exact) mass is 256 g/mol. The Hall–Kier alpha value is -1.22. The summed E-state index contributed by atoms with van der Waals surface area (Å²) in [5.74, 6) is 0.224. The van der Waals surface area contributed by atoms with E-state index >= 15 is 0 Å². The average molecular weight is 257 g/mol. The Morgan fingerprint density at radius 1 is 1.29 bits per heavy atom. The van der Waals surface area contributed by atoms with Crippen LogP contribution in [0.3, 0.4) is 0 Å². The molecule has 0 N–H and O–H groups in total. The summed E-state index contributed by atoms with van der Waals surface area (Å²) in [4.78, 5) is 11.7. The molecule has 0 aliphatic heterocycles. The van der Waals surface area contributed by atoms with Crippen LogP contribution in [0.1, 0.15) is 27.2 Å². The maximum Gasteiger partial charge on any atom is 0.349 e. The Morgan fingerprint density at radius 2 is 1.88 bits per heavy atom. The number of halogens is 1. The van der Waals surface area contributed by atoms with Crippen molar-refractivity contribution in [1.82, 2.24) is 0 Å². The molecule has 0 aliphatic rings. The van der Waals surface area contributed by atoms with E-state index in [0.29, 0.717) is 17.4 Å². The highest BCUT2D eigenvalue weighted by molar-refractivity contribution is 6.30. The Balaban J connectivity index is 2.65. The van der Waals surface area contributed by atoms with Crippen LogP contribution in [0.5, 0.6) is 5.75 Å². The third kappa shape index (κ3) is 4.27. The van der Waals surface area contributed by atoms with E-state index in [1.807, 2.05) is 6.92 Å². The predicted molar refractivity (Wildman–Crippen MR) is 67.4 cm³/mol. The first-order valence-corrected chi connectivity index (χ1v) is 5.95. The molecule has 4 heteroatoms. The van der Waals surface area contributed by atoms with E-state index in [2.05, 4.69) is 0 Å². The van der Waals surface area contributed by atoms with Gasteiger partial charge in [-0.3, -0.25) is 0 Å². The Morgan fingerprint density at radius 3 is 2.41 bits per heavy atom. The molecule has 0 amide bonds. The number of carbonyl (C=O) groups excluding carboxylic acids is 1. The van der Waals surface area contributed by atoms with E-state index in [-0.39, 0.29) is 5.97 Å². The summed E-state index contributed by atoms with van der Waals surface area (Å²) < 4.78 is 10.6. The molecular weight excluding hydrogens is 240 g/mol. The van der Waals surface area contributed by atoms with Gasteiger partial charge in [0, 0.05) is 5.02 Å². The van der Waals surface area contributed by atoms with Gasteiger partial charge in [0.1, 0.15) is 5.75 Å². The van der Waals surface area contributed by atoms with Crippen molar-refractivity contribution >= 4 is 17.6 Å². The lowest BCUT2D eigenvalue weighted by Crippen LogP contribution is -2.39. The first kappa shape index (κ1) is 13.8. The van der Waals surface area contributed by atoms with Gasteiger partial charge in [-0.05, 0) is 44.5 Å². The summed E-state index contributed by atoms with van der Waals surface area (Å²) in [7, 11) is 0. The van der Waals surface area contributed by atoms with Gasteiger partial charge in [0.15, 0.2) is 5.60 Å². The lowest BCUT2D eigenvalue weighted by molar-refractivity contribution is -0.159. The zero-order chi connectivity index (χ0) is 12.9. The van der Waals surface area contributed by atoms with E-state index in [4.69, 9.17) is 21.1 Å². The van der Waals surface area contributed by atoms with Gasteiger partial charge in [0.05, 0.1) is 6.61 Å². The van der Waals surface area contributed by atoms with Crippen molar-refractivity contribution in [3.05, 3.63) is 29.3 Å². The average Bonchev–Trinajstić information content (AvgIpc) is 2.28. The fourth-order valence-electron chi connectivity index (χ4n) is 1.21. The number of rotatable bonds is 5. The lowest BCUT2D eigenvalue weighted by Gasteiger charge is -2.24. The van der Waals surface area contributed by atoms with Crippen molar-refractivity contribution in [2.45, 2.75) is 32.8 Å². The smallest absolute Gasteiger partial charge is 0.349 e. The molecule has 1 aromatic carbocycles. The van der Waals surface area contributed by atoms with Crippen LogP contribution in [-0.2, 0) is 9.53 Å². The van der Waals surface area contributed by atoms with Crippen molar-refractivity contribution < 1.29 is 14.3 Å². The molecule has 0 fully saturated rings. The van der Waals surface area contributed by atoms with Gasteiger partial charge in [0.2, 0.25) is 0 Å². The summed E-state index contributed by atoms with van der Waals surface area (Å²) in [5, 5.41) is 0.628. The van der Waals surface area contributed by atoms with Crippen molar-refractivity contribution in [1.29, 1.82) is 0 Å². The molecule has 0 unspecified atom stereocenters. The SMILES string of the molecule is CCCOC(=O)C(C)(C)Oc1ccc(Cl)cc1. The molecule has 1 aromatic rings. The molecule has 1 rings (SSSR count). The maximum atomic E-state index is 11.7. The quantitative estimate of drug-likeness (QED) is 0.757.